The quantitative estimate of drug-likeness (QED) is 0.326. The lowest BCUT2D eigenvalue weighted by atomic mass is 10.1. The lowest BCUT2D eigenvalue weighted by Crippen LogP contribution is -2.48. The minimum atomic E-state index is -0.483. The number of carbonyl (C=O) groups excluding carboxylic acids is 3. The zero-order valence-corrected chi connectivity index (χ0v) is 20.4. The first kappa shape index (κ1) is 25.3. The van der Waals surface area contributed by atoms with Gasteiger partial charge in [-0.05, 0) is 67.5 Å². The smallest absolute Gasteiger partial charge is 0.269 e. The number of rotatable bonds is 7. The van der Waals surface area contributed by atoms with Crippen molar-refractivity contribution in [3.05, 3.63) is 58.1 Å². The van der Waals surface area contributed by atoms with Crippen molar-refractivity contribution in [1.82, 2.24) is 16.2 Å². The second-order valence-corrected chi connectivity index (χ2v) is 8.48. The summed E-state index contributed by atoms with van der Waals surface area (Å²) in [6.07, 6.45) is 0.418. The van der Waals surface area contributed by atoms with Crippen LogP contribution in [0.1, 0.15) is 47.9 Å². The van der Waals surface area contributed by atoms with Gasteiger partial charge in [0.2, 0.25) is 5.91 Å². The molecule has 4 N–H and O–H groups in total. The van der Waals surface area contributed by atoms with Crippen LogP contribution in [-0.4, -0.2) is 29.4 Å². The van der Waals surface area contributed by atoms with Crippen molar-refractivity contribution in [2.45, 2.75) is 27.2 Å². The molecule has 0 atom stereocenters. The van der Waals surface area contributed by atoms with Crippen LogP contribution in [0.25, 0.3) is 0 Å². The van der Waals surface area contributed by atoms with Crippen molar-refractivity contribution in [2.24, 2.45) is 5.92 Å². The van der Waals surface area contributed by atoms with E-state index in [1.54, 1.807) is 42.5 Å². The molecule has 3 amide bonds. The average molecular weight is 521 g/mol. The standard InChI is InChI=1S/C22H25BrN4O4S/c1-4-31-18-10-7-15(23)12-17(18)21(30)25-22(32)27-26-20(29)14-5-8-16(9-6-14)24-19(28)11-13(2)3/h5-10,12-13H,4,11H2,1-3H3,(H,24,28)(H,26,29)(H2,25,27,30,32). The molecule has 0 fully saturated rings. The van der Waals surface area contributed by atoms with Crippen molar-refractivity contribution in [1.29, 1.82) is 0 Å². The summed E-state index contributed by atoms with van der Waals surface area (Å²) in [5.41, 5.74) is 6.16. The Balaban J connectivity index is 1.89. The molecule has 0 heterocycles. The van der Waals surface area contributed by atoms with Crippen LogP contribution in [0.2, 0.25) is 0 Å². The molecule has 0 saturated carbocycles. The fourth-order valence-electron chi connectivity index (χ4n) is 2.64. The van der Waals surface area contributed by atoms with E-state index in [2.05, 4.69) is 37.4 Å². The maximum atomic E-state index is 12.5. The molecular weight excluding hydrogens is 496 g/mol. The summed E-state index contributed by atoms with van der Waals surface area (Å²) >= 11 is 8.41. The molecule has 170 valence electrons. The van der Waals surface area contributed by atoms with Crippen LogP contribution in [0.15, 0.2) is 46.9 Å². The lowest BCUT2D eigenvalue weighted by Gasteiger charge is -2.13. The molecule has 2 aromatic carbocycles. The average Bonchev–Trinajstić information content (AvgIpc) is 2.73. The highest BCUT2D eigenvalue weighted by Crippen LogP contribution is 2.23. The molecule has 0 unspecified atom stereocenters. The van der Waals surface area contributed by atoms with Crippen molar-refractivity contribution in [3.8, 4) is 5.75 Å². The summed E-state index contributed by atoms with van der Waals surface area (Å²) in [6.45, 7) is 6.14. The van der Waals surface area contributed by atoms with E-state index >= 15 is 0 Å². The molecule has 0 aliphatic rings. The fraction of sp³-hybridized carbons (Fsp3) is 0.273. The third-order valence-electron chi connectivity index (χ3n) is 4.03. The number of hydrogen-bond donors (Lipinski definition) is 4. The first-order chi connectivity index (χ1) is 15.2. The Bertz CT molecular complexity index is 996. The van der Waals surface area contributed by atoms with Gasteiger partial charge in [0.05, 0.1) is 12.2 Å². The number of thiocarbonyl (C=S) groups is 1. The largest absolute Gasteiger partial charge is 0.493 e. The van der Waals surface area contributed by atoms with Crippen LogP contribution in [0.3, 0.4) is 0 Å². The fourth-order valence-corrected chi connectivity index (χ4v) is 3.14. The van der Waals surface area contributed by atoms with Crippen LogP contribution < -0.4 is 26.2 Å². The number of hydrazine groups is 1. The second kappa shape index (κ2) is 12.2. The maximum Gasteiger partial charge on any atom is 0.269 e. The normalized spacial score (nSPS) is 10.3. The molecule has 2 rings (SSSR count). The van der Waals surface area contributed by atoms with Crippen LogP contribution in [-0.2, 0) is 4.79 Å². The van der Waals surface area contributed by atoms with Crippen LogP contribution in [0, 0.1) is 5.92 Å². The number of halogens is 1. The molecule has 10 heteroatoms. The van der Waals surface area contributed by atoms with Crippen LogP contribution in [0.4, 0.5) is 5.69 Å². The number of amides is 3. The van der Waals surface area contributed by atoms with Gasteiger partial charge in [-0.2, -0.15) is 0 Å². The van der Waals surface area contributed by atoms with Crippen molar-refractivity contribution in [3.63, 3.8) is 0 Å². The monoisotopic (exact) mass is 520 g/mol. The van der Waals surface area contributed by atoms with E-state index in [4.69, 9.17) is 17.0 Å². The number of ether oxygens (including phenoxy) is 1. The third kappa shape index (κ3) is 7.93. The molecule has 0 aliphatic heterocycles. The van der Waals surface area contributed by atoms with Gasteiger partial charge in [-0.25, -0.2) is 0 Å². The Morgan fingerprint density at radius 2 is 1.72 bits per heavy atom. The Morgan fingerprint density at radius 1 is 1.03 bits per heavy atom. The van der Waals surface area contributed by atoms with Crippen molar-refractivity contribution < 1.29 is 19.1 Å². The lowest BCUT2D eigenvalue weighted by molar-refractivity contribution is -0.116. The van der Waals surface area contributed by atoms with Crippen molar-refractivity contribution >= 4 is 56.7 Å². The SMILES string of the molecule is CCOc1ccc(Br)cc1C(=O)NC(=S)NNC(=O)c1ccc(NC(=O)CC(C)C)cc1. The van der Waals surface area contributed by atoms with E-state index in [9.17, 15) is 14.4 Å². The van der Waals surface area contributed by atoms with Gasteiger partial charge in [0, 0.05) is 22.1 Å². The van der Waals surface area contributed by atoms with Gasteiger partial charge in [0.15, 0.2) is 5.11 Å². The first-order valence-electron chi connectivity index (χ1n) is 9.93. The van der Waals surface area contributed by atoms with Gasteiger partial charge in [-0.15, -0.1) is 0 Å². The first-order valence-corrected chi connectivity index (χ1v) is 11.1. The zero-order valence-electron chi connectivity index (χ0n) is 18.0. The van der Waals surface area contributed by atoms with E-state index < -0.39 is 11.8 Å². The third-order valence-corrected chi connectivity index (χ3v) is 4.72. The summed E-state index contributed by atoms with van der Waals surface area (Å²) in [4.78, 5) is 36.7. The molecule has 8 nitrogen and oxygen atoms in total. The highest BCUT2D eigenvalue weighted by molar-refractivity contribution is 9.10. The van der Waals surface area contributed by atoms with Crippen molar-refractivity contribution in [2.75, 3.05) is 11.9 Å². The Kier molecular flexibility index (Phi) is 9.61. The highest BCUT2D eigenvalue weighted by Gasteiger charge is 2.15. The Labute approximate surface area is 200 Å². The minimum Gasteiger partial charge on any atom is -0.493 e. The molecule has 0 aliphatic carbocycles. The summed E-state index contributed by atoms with van der Waals surface area (Å²) in [5, 5.41) is 5.19. The second-order valence-electron chi connectivity index (χ2n) is 7.16. The van der Waals surface area contributed by atoms with Gasteiger partial charge >= 0.3 is 0 Å². The van der Waals surface area contributed by atoms with Gasteiger partial charge < -0.3 is 10.1 Å². The predicted octanol–water partition coefficient (Wildman–Crippen LogP) is 3.78. The zero-order chi connectivity index (χ0) is 23.7. The van der Waals surface area contributed by atoms with Crippen LogP contribution in [0.5, 0.6) is 5.75 Å². The van der Waals surface area contributed by atoms with E-state index in [1.165, 1.54) is 0 Å². The molecule has 0 radical (unpaired) electrons. The molecule has 0 aromatic heterocycles. The maximum absolute atomic E-state index is 12.5. The number of anilines is 1. The minimum absolute atomic E-state index is 0.0802. The summed E-state index contributed by atoms with van der Waals surface area (Å²) in [6, 6.07) is 11.5. The highest BCUT2D eigenvalue weighted by atomic mass is 79.9. The predicted molar refractivity (Wildman–Crippen MR) is 131 cm³/mol. The van der Waals surface area contributed by atoms with Gasteiger partial charge in [-0.1, -0.05) is 29.8 Å². The summed E-state index contributed by atoms with van der Waals surface area (Å²) < 4.78 is 6.17. The Morgan fingerprint density at radius 3 is 2.34 bits per heavy atom. The molecule has 0 spiro atoms. The van der Waals surface area contributed by atoms with E-state index in [0.29, 0.717) is 40.1 Å². The number of hydrogen-bond acceptors (Lipinski definition) is 5. The summed E-state index contributed by atoms with van der Waals surface area (Å²) in [7, 11) is 0. The van der Waals surface area contributed by atoms with Gasteiger partial charge in [0.1, 0.15) is 5.75 Å². The molecular formula is C22H25BrN4O4S. The number of carbonyl (C=O) groups is 3. The number of nitrogens with one attached hydrogen (secondary N) is 4. The van der Waals surface area contributed by atoms with E-state index in [0.717, 1.165) is 0 Å². The molecule has 0 saturated heterocycles. The van der Waals surface area contributed by atoms with Crippen LogP contribution >= 0.6 is 28.1 Å². The topological polar surface area (TPSA) is 109 Å². The van der Waals surface area contributed by atoms with Gasteiger partial charge in [0.25, 0.3) is 11.8 Å². The van der Waals surface area contributed by atoms with E-state index in [-0.39, 0.29) is 16.9 Å². The Hall–Kier alpha value is -2.98. The molecule has 32 heavy (non-hydrogen) atoms. The molecule has 0 bridgehead atoms. The van der Waals surface area contributed by atoms with E-state index in [1.807, 2.05) is 20.8 Å². The molecule has 2 aromatic rings. The van der Waals surface area contributed by atoms with Gasteiger partial charge in [-0.3, -0.25) is 30.6 Å². The summed E-state index contributed by atoms with van der Waals surface area (Å²) in [5.74, 6) is -0.356. The number of benzene rings is 2.